The summed E-state index contributed by atoms with van der Waals surface area (Å²) in [6, 6.07) is 4.75. The van der Waals surface area contributed by atoms with Gasteiger partial charge >= 0.3 is 0 Å². The van der Waals surface area contributed by atoms with E-state index in [-0.39, 0.29) is 11.7 Å². The minimum absolute atomic E-state index is 0.225. The second-order valence-electron chi connectivity index (χ2n) is 4.65. The molecule has 0 spiro atoms. The van der Waals surface area contributed by atoms with Crippen molar-refractivity contribution in [1.29, 1.82) is 0 Å². The van der Waals surface area contributed by atoms with Gasteiger partial charge in [0.25, 0.3) is 0 Å². The van der Waals surface area contributed by atoms with Crippen LogP contribution in [0.5, 0.6) is 0 Å². The highest BCUT2D eigenvalue weighted by Gasteiger charge is 2.19. The van der Waals surface area contributed by atoms with Gasteiger partial charge in [0.05, 0.1) is 21.1 Å². The number of rotatable bonds is 4. The highest BCUT2D eigenvalue weighted by molar-refractivity contribution is 9.10. The highest BCUT2D eigenvalue weighted by atomic mass is 79.9. The van der Waals surface area contributed by atoms with Gasteiger partial charge < -0.3 is 5.11 Å². The van der Waals surface area contributed by atoms with Crippen molar-refractivity contribution in [2.75, 3.05) is 0 Å². The van der Waals surface area contributed by atoms with E-state index in [0.717, 1.165) is 16.1 Å². The van der Waals surface area contributed by atoms with Crippen LogP contribution in [0.2, 0.25) is 0 Å². The molecule has 6 heteroatoms. The van der Waals surface area contributed by atoms with Crippen LogP contribution >= 0.6 is 27.5 Å². The van der Waals surface area contributed by atoms with Crippen molar-refractivity contribution in [3.8, 4) is 0 Å². The Morgan fingerprint density at radius 2 is 2.16 bits per heavy atom. The highest BCUT2D eigenvalue weighted by Crippen LogP contribution is 2.29. The van der Waals surface area contributed by atoms with E-state index in [0.29, 0.717) is 10.9 Å². The van der Waals surface area contributed by atoms with E-state index in [1.165, 1.54) is 17.6 Å². The molecule has 0 aliphatic rings. The van der Waals surface area contributed by atoms with Gasteiger partial charge in [-0.2, -0.15) is 0 Å². The lowest BCUT2D eigenvalue weighted by atomic mass is 10.0. The fraction of sp³-hybridized carbons (Fsp3) is 0.385. The van der Waals surface area contributed by atoms with E-state index in [1.54, 1.807) is 12.1 Å². The van der Waals surface area contributed by atoms with Crippen LogP contribution in [0.15, 0.2) is 22.7 Å². The van der Waals surface area contributed by atoms with Crippen LogP contribution in [0.3, 0.4) is 0 Å². The lowest BCUT2D eigenvalue weighted by Gasteiger charge is -2.11. The monoisotopic (exact) mass is 344 g/mol. The number of hydrogen-bond donors (Lipinski definition) is 1. The molecule has 0 radical (unpaired) electrons. The second-order valence-corrected chi connectivity index (χ2v) is 6.29. The van der Waals surface area contributed by atoms with Crippen molar-refractivity contribution < 1.29 is 9.50 Å². The number of aromatic nitrogens is 2. The average molecular weight is 345 g/mol. The molecule has 0 fully saturated rings. The third-order valence-corrected chi connectivity index (χ3v) is 4.25. The Morgan fingerprint density at radius 3 is 2.79 bits per heavy atom. The third kappa shape index (κ3) is 3.38. The number of halogens is 2. The summed E-state index contributed by atoms with van der Waals surface area (Å²) in [5, 5.41) is 14.3. The Labute approximate surface area is 123 Å². The van der Waals surface area contributed by atoms with Crippen LogP contribution in [0.25, 0.3) is 0 Å². The summed E-state index contributed by atoms with van der Waals surface area (Å²) in [6.45, 7) is 4.03. The Bertz CT molecular complexity index is 574. The Morgan fingerprint density at radius 1 is 1.42 bits per heavy atom. The minimum atomic E-state index is -0.658. The average Bonchev–Trinajstić information content (AvgIpc) is 2.83. The van der Waals surface area contributed by atoms with E-state index in [4.69, 9.17) is 0 Å². The van der Waals surface area contributed by atoms with Gasteiger partial charge in [-0.3, -0.25) is 0 Å². The molecule has 3 nitrogen and oxygen atoms in total. The fourth-order valence-corrected chi connectivity index (χ4v) is 3.04. The predicted molar refractivity (Wildman–Crippen MR) is 76.8 cm³/mol. The zero-order valence-electron chi connectivity index (χ0n) is 10.6. The van der Waals surface area contributed by atoms with Gasteiger partial charge in [-0.05, 0) is 51.1 Å². The molecule has 0 aliphatic heterocycles. The molecular formula is C13H14BrFN2OS. The molecule has 1 N–H and O–H groups in total. The minimum Gasteiger partial charge on any atom is -0.387 e. The summed E-state index contributed by atoms with van der Waals surface area (Å²) in [7, 11) is 0. The van der Waals surface area contributed by atoms with Gasteiger partial charge in [-0.15, -0.1) is 5.10 Å². The van der Waals surface area contributed by atoms with Gasteiger partial charge in [-0.1, -0.05) is 24.4 Å². The quantitative estimate of drug-likeness (QED) is 0.916. The molecule has 1 unspecified atom stereocenters. The lowest BCUT2D eigenvalue weighted by Crippen LogP contribution is -2.04. The van der Waals surface area contributed by atoms with E-state index in [2.05, 4.69) is 25.5 Å². The Kier molecular flexibility index (Phi) is 4.65. The second kappa shape index (κ2) is 6.07. The molecule has 102 valence electrons. The molecular weight excluding hydrogens is 331 g/mol. The van der Waals surface area contributed by atoms with Crippen LogP contribution in [0.1, 0.15) is 42.0 Å². The summed E-state index contributed by atoms with van der Waals surface area (Å²) in [4.78, 5) is 0.787. The number of aliphatic hydroxyl groups is 1. The third-order valence-electron chi connectivity index (χ3n) is 2.80. The zero-order chi connectivity index (χ0) is 14.0. The van der Waals surface area contributed by atoms with Crippen molar-refractivity contribution in [2.45, 2.75) is 32.3 Å². The molecule has 0 amide bonds. The number of benzene rings is 1. The van der Waals surface area contributed by atoms with Gasteiger partial charge in [0.1, 0.15) is 5.82 Å². The molecule has 1 aromatic carbocycles. The van der Waals surface area contributed by atoms with Crippen molar-refractivity contribution in [3.05, 3.63) is 44.6 Å². The Balaban J connectivity index is 2.18. The van der Waals surface area contributed by atoms with Crippen LogP contribution in [-0.2, 0) is 6.42 Å². The molecule has 0 bridgehead atoms. The van der Waals surface area contributed by atoms with Gasteiger partial charge in [0, 0.05) is 6.42 Å². The summed E-state index contributed by atoms with van der Waals surface area (Å²) >= 11 is 4.36. The van der Waals surface area contributed by atoms with E-state index < -0.39 is 6.10 Å². The van der Waals surface area contributed by atoms with Gasteiger partial charge in [-0.25, -0.2) is 4.39 Å². The molecule has 1 atom stereocenters. The van der Waals surface area contributed by atoms with Crippen molar-refractivity contribution in [1.82, 2.24) is 9.59 Å². The summed E-state index contributed by atoms with van der Waals surface area (Å²) < 4.78 is 17.5. The van der Waals surface area contributed by atoms with Crippen molar-refractivity contribution in [3.63, 3.8) is 0 Å². The summed E-state index contributed by atoms with van der Waals surface area (Å²) in [5.41, 5.74) is 1.70. The molecule has 19 heavy (non-hydrogen) atoms. The fourth-order valence-electron chi connectivity index (χ4n) is 1.82. The molecule has 1 heterocycles. The molecule has 0 saturated carbocycles. The van der Waals surface area contributed by atoms with Crippen LogP contribution in [-0.4, -0.2) is 14.7 Å². The maximum Gasteiger partial charge on any atom is 0.137 e. The first-order valence-corrected chi connectivity index (χ1v) is 7.49. The largest absolute Gasteiger partial charge is 0.387 e. The summed E-state index contributed by atoms with van der Waals surface area (Å²) in [6.07, 6.45) is -0.239. The van der Waals surface area contributed by atoms with Crippen LogP contribution in [0, 0.1) is 5.82 Å². The van der Waals surface area contributed by atoms with Gasteiger partial charge in [0.15, 0.2) is 0 Å². The molecule has 0 saturated heterocycles. The molecule has 1 aromatic heterocycles. The molecule has 2 rings (SSSR count). The van der Waals surface area contributed by atoms with Crippen molar-refractivity contribution in [2.24, 2.45) is 0 Å². The number of nitrogens with zero attached hydrogens (tertiary/aromatic N) is 2. The molecule has 0 aliphatic carbocycles. The van der Waals surface area contributed by atoms with Crippen molar-refractivity contribution >= 4 is 27.5 Å². The SMILES string of the molecule is CC(C)c1nnsc1C(O)Cc1ccc(F)c(Br)c1. The topological polar surface area (TPSA) is 46.0 Å². The van der Waals surface area contributed by atoms with Crippen LogP contribution in [0.4, 0.5) is 4.39 Å². The Hall–Kier alpha value is -0.850. The molecule has 2 aromatic rings. The first-order valence-electron chi connectivity index (χ1n) is 5.93. The van der Waals surface area contributed by atoms with E-state index in [9.17, 15) is 9.50 Å². The first-order chi connectivity index (χ1) is 8.99. The maximum absolute atomic E-state index is 13.2. The summed E-state index contributed by atoms with van der Waals surface area (Å²) in [5.74, 6) is -0.0797. The van der Waals surface area contributed by atoms with Crippen LogP contribution < -0.4 is 0 Å². The lowest BCUT2D eigenvalue weighted by molar-refractivity contribution is 0.180. The maximum atomic E-state index is 13.2. The van der Waals surface area contributed by atoms with E-state index in [1.807, 2.05) is 13.8 Å². The predicted octanol–water partition coefficient (Wildman–Crippen LogP) is 3.84. The first kappa shape index (κ1) is 14.6. The normalized spacial score (nSPS) is 12.9. The van der Waals surface area contributed by atoms with Gasteiger partial charge in [0.2, 0.25) is 0 Å². The zero-order valence-corrected chi connectivity index (χ0v) is 13.0. The standard InChI is InChI=1S/C13H14BrFN2OS/c1-7(2)12-13(19-17-16-12)11(18)6-8-3-4-10(15)9(14)5-8/h3-5,7,11,18H,6H2,1-2H3. The number of aliphatic hydroxyl groups excluding tert-OH is 1. The van der Waals surface area contributed by atoms with E-state index >= 15 is 0 Å². The number of hydrogen-bond acceptors (Lipinski definition) is 4. The smallest absolute Gasteiger partial charge is 0.137 e.